The van der Waals surface area contributed by atoms with Crippen molar-refractivity contribution < 1.29 is 4.79 Å². The first-order valence-electron chi connectivity index (χ1n) is 7.64. The summed E-state index contributed by atoms with van der Waals surface area (Å²) in [6.45, 7) is 2.11. The third-order valence-electron chi connectivity index (χ3n) is 3.57. The highest BCUT2D eigenvalue weighted by molar-refractivity contribution is 5.94. The molecule has 2 aromatic heterocycles. The Hall–Kier alpha value is -3.28. The van der Waals surface area contributed by atoms with E-state index in [-0.39, 0.29) is 5.91 Å². The summed E-state index contributed by atoms with van der Waals surface area (Å²) in [6, 6.07) is 13.4. The number of hydrazone groups is 1. The van der Waals surface area contributed by atoms with Crippen LogP contribution in [0.15, 0.2) is 60.0 Å². The van der Waals surface area contributed by atoms with Gasteiger partial charge in [0.15, 0.2) is 0 Å². The second-order valence-corrected chi connectivity index (χ2v) is 5.20. The maximum Gasteiger partial charge on any atom is 0.289 e. The zero-order valence-corrected chi connectivity index (χ0v) is 13.2. The van der Waals surface area contributed by atoms with Gasteiger partial charge in [-0.2, -0.15) is 10.2 Å². The number of aromatic amines is 1. The molecule has 6 heteroatoms. The van der Waals surface area contributed by atoms with Crippen LogP contribution < -0.4 is 5.43 Å². The maximum atomic E-state index is 12.1. The lowest BCUT2D eigenvalue weighted by molar-refractivity contribution is 0.0950. The van der Waals surface area contributed by atoms with Crippen LogP contribution in [0.4, 0.5) is 0 Å². The van der Waals surface area contributed by atoms with Crippen LogP contribution in [0.3, 0.4) is 0 Å². The molecule has 0 fully saturated rings. The lowest BCUT2D eigenvalue weighted by atomic mass is 10.1. The highest BCUT2D eigenvalue weighted by Gasteiger charge is 2.10. The van der Waals surface area contributed by atoms with Crippen LogP contribution in [0.1, 0.15) is 28.5 Å². The van der Waals surface area contributed by atoms with Gasteiger partial charge in [0.1, 0.15) is 5.69 Å². The molecule has 0 aliphatic heterocycles. The Morgan fingerprint density at radius 1 is 1.21 bits per heavy atom. The van der Waals surface area contributed by atoms with Crippen LogP contribution in [-0.2, 0) is 6.42 Å². The number of carbonyl (C=O) groups excluding carboxylic acids is 1. The molecule has 0 unspecified atom stereocenters. The molecule has 0 atom stereocenters. The predicted molar refractivity (Wildman–Crippen MR) is 92.7 cm³/mol. The minimum absolute atomic E-state index is 0.343. The molecule has 0 radical (unpaired) electrons. The Labute approximate surface area is 139 Å². The molecule has 2 heterocycles. The van der Waals surface area contributed by atoms with Gasteiger partial charge in [-0.15, -0.1) is 0 Å². The fourth-order valence-corrected chi connectivity index (χ4v) is 2.17. The Morgan fingerprint density at radius 2 is 1.96 bits per heavy atom. The number of amides is 1. The van der Waals surface area contributed by atoms with Gasteiger partial charge < -0.3 is 0 Å². The van der Waals surface area contributed by atoms with Crippen molar-refractivity contribution in [3.8, 4) is 11.3 Å². The number of aryl methyl sites for hydroxylation is 1. The number of rotatable bonds is 5. The topological polar surface area (TPSA) is 83.0 Å². The van der Waals surface area contributed by atoms with Crippen LogP contribution in [-0.4, -0.2) is 27.3 Å². The number of nitrogens with one attached hydrogen (secondary N) is 2. The van der Waals surface area contributed by atoms with E-state index in [4.69, 9.17) is 0 Å². The van der Waals surface area contributed by atoms with Gasteiger partial charge in [-0.3, -0.25) is 14.9 Å². The van der Waals surface area contributed by atoms with Crippen molar-refractivity contribution in [2.24, 2.45) is 5.10 Å². The van der Waals surface area contributed by atoms with Gasteiger partial charge in [0.25, 0.3) is 5.91 Å². The lowest BCUT2D eigenvalue weighted by Crippen LogP contribution is -2.17. The van der Waals surface area contributed by atoms with E-state index >= 15 is 0 Å². The number of hydrogen-bond donors (Lipinski definition) is 2. The molecular weight excluding hydrogens is 302 g/mol. The summed E-state index contributed by atoms with van der Waals surface area (Å²) in [4.78, 5) is 16.0. The quantitative estimate of drug-likeness (QED) is 0.560. The van der Waals surface area contributed by atoms with Crippen LogP contribution in [0.2, 0.25) is 0 Å². The zero-order chi connectivity index (χ0) is 16.8. The van der Waals surface area contributed by atoms with E-state index in [2.05, 4.69) is 44.8 Å². The van der Waals surface area contributed by atoms with E-state index < -0.39 is 0 Å². The normalized spacial score (nSPS) is 10.9. The average Bonchev–Trinajstić information content (AvgIpc) is 3.13. The molecule has 1 amide bonds. The summed E-state index contributed by atoms with van der Waals surface area (Å²) in [6.07, 6.45) is 5.87. The smallest absolute Gasteiger partial charge is 0.272 e. The lowest BCUT2D eigenvalue weighted by Gasteiger charge is -1.98. The van der Waals surface area contributed by atoms with Crippen LogP contribution in [0, 0.1) is 0 Å². The molecule has 2 N–H and O–H groups in total. The molecule has 0 bridgehead atoms. The molecule has 120 valence electrons. The van der Waals surface area contributed by atoms with Gasteiger partial charge in [0.2, 0.25) is 0 Å². The monoisotopic (exact) mass is 319 g/mol. The molecule has 3 aromatic rings. The van der Waals surface area contributed by atoms with Gasteiger partial charge >= 0.3 is 0 Å². The first kappa shape index (κ1) is 15.6. The molecule has 0 spiro atoms. The van der Waals surface area contributed by atoms with E-state index in [1.54, 1.807) is 36.8 Å². The SMILES string of the molecule is CCc1ccc(-c2cc(C(=O)NN=Cc3ccncc3)[nH]n2)cc1. The standard InChI is InChI=1S/C18H17N5O/c1-2-13-3-5-15(6-4-13)16-11-17(22-21-16)18(24)23-20-12-14-7-9-19-10-8-14/h3-12H,2H2,1H3,(H,21,22)(H,23,24). The van der Waals surface area contributed by atoms with Crippen molar-refractivity contribution in [1.82, 2.24) is 20.6 Å². The third-order valence-corrected chi connectivity index (χ3v) is 3.57. The average molecular weight is 319 g/mol. The van der Waals surface area contributed by atoms with E-state index in [0.717, 1.165) is 23.2 Å². The van der Waals surface area contributed by atoms with Gasteiger partial charge in [-0.05, 0) is 35.7 Å². The summed E-state index contributed by atoms with van der Waals surface area (Å²) < 4.78 is 0. The highest BCUT2D eigenvalue weighted by Crippen LogP contribution is 2.18. The second kappa shape index (κ2) is 7.32. The summed E-state index contributed by atoms with van der Waals surface area (Å²) in [7, 11) is 0. The van der Waals surface area contributed by atoms with Crippen molar-refractivity contribution in [3.05, 3.63) is 71.7 Å². The van der Waals surface area contributed by atoms with Gasteiger partial charge in [-0.25, -0.2) is 5.43 Å². The first-order chi connectivity index (χ1) is 11.8. The molecule has 0 saturated carbocycles. The van der Waals surface area contributed by atoms with Gasteiger partial charge in [0, 0.05) is 18.0 Å². The summed E-state index contributed by atoms with van der Waals surface area (Å²) in [5, 5.41) is 10.8. The van der Waals surface area contributed by atoms with Gasteiger partial charge in [0.05, 0.1) is 11.9 Å². The molecule has 0 aliphatic carbocycles. The van der Waals surface area contributed by atoms with Crippen molar-refractivity contribution in [3.63, 3.8) is 0 Å². The minimum atomic E-state index is -0.343. The third kappa shape index (κ3) is 3.73. The van der Waals surface area contributed by atoms with Crippen LogP contribution in [0.5, 0.6) is 0 Å². The molecule has 1 aromatic carbocycles. The first-order valence-corrected chi connectivity index (χ1v) is 7.64. The summed E-state index contributed by atoms with van der Waals surface area (Å²) >= 11 is 0. The number of H-pyrrole nitrogens is 1. The Balaban J connectivity index is 1.66. The number of pyridine rings is 1. The van der Waals surface area contributed by atoms with Crippen molar-refractivity contribution in [2.45, 2.75) is 13.3 Å². The number of benzene rings is 1. The number of nitrogens with zero attached hydrogens (tertiary/aromatic N) is 3. The Bertz CT molecular complexity index is 837. The van der Waals surface area contributed by atoms with Crippen molar-refractivity contribution >= 4 is 12.1 Å². The molecule has 6 nitrogen and oxygen atoms in total. The second-order valence-electron chi connectivity index (χ2n) is 5.20. The van der Waals surface area contributed by atoms with Crippen LogP contribution in [0.25, 0.3) is 11.3 Å². The number of aromatic nitrogens is 3. The van der Waals surface area contributed by atoms with Gasteiger partial charge in [-0.1, -0.05) is 31.2 Å². The Kier molecular flexibility index (Phi) is 4.76. The predicted octanol–water partition coefficient (Wildman–Crippen LogP) is 2.80. The maximum absolute atomic E-state index is 12.1. The van der Waals surface area contributed by atoms with E-state index in [0.29, 0.717) is 5.69 Å². The minimum Gasteiger partial charge on any atom is -0.272 e. The van der Waals surface area contributed by atoms with Crippen molar-refractivity contribution in [2.75, 3.05) is 0 Å². The number of hydrogen-bond acceptors (Lipinski definition) is 4. The molecular formula is C18H17N5O. The molecule has 0 saturated heterocycles. The fraction of sp³-hybridized carbons (Fsp3) is 0.111. The highest BCUT2D eigenvalue weighted by atomic mass is 16.2. The molecule has 24 heavy (non-hydrogen) atoms. The van der Waals surface area contributed by atoms with E-state index in [1.807, 2.05) is 12.1 Å². The molecule has 3 rings (SSSR count). The summed E-state index contributed by atoms with van der Waals surface area (Å²) in [5.41, 5.74) is 6.63. The van der Waals surface area contributed by atoms with E-state index in [9.17, 15) is 4.79 Å². The van der Waals surface area contributed by atoms with Crippen molar-refractivity contribution in [1.29, 1.82) is 0 Å². The summed E-state index contributed by atoms with van der Waals surface area (Å²) in [5.74, 6) is -0.343. The largest absolute Gasteiger partial charge is 0.289 e. The Morgan fingerprint density at radius 3 is 2.67 bits per heavy atom. The molecule has 0 aliphatic rings. The fourth-order valence-electron chi connectivity index (χ4n) is 2.17. The van der Waals surface area contributed by atoms with E-state index in [1.165, 1.54) is 5.56 Å². The zero-order valence-electron chi connectivity index (χ0n) is 13.2. The number of carbonyl (C=O) groups is 1. The van der Waals surface area contributed by atoms with Crippen LogP contribution >= 0.6 is 0 Å².